The van der Waals surface area contributed by atoms with Crippen molar-refractivity contribution in [2.45, 2.75) is 33.0 Å². The van der Waals surface area contributed by atoms with Gasteiger partial charge in [-0.2, -0.15) is 0 Å². The van der Waals surface area contributed by atoms with Gasteiger partial charge in [-0.15, -0.1) is 0 Å². The summed E-state index contributed by atoms with van der Waals surface area (Å²) in [6.45, 7) is 7.63. The van der Waals surface area contributed by atoms with Crippen LogP contribution in [0.1, 0.15) is 30.4 Å². The molecule has 0 fully saturated rings. The van der Waals surface area contributed by atoms with E-state index in [4.69, 9.17) is 0 Å². The fourth-order valence-electron chi connectivity index (χ4n) is 3.25. The van der Waals surface area contributed by atoms with Gasteiger partial charge in [0.05, 0.1) is 12.2 Å². The quantitative estimate of drug-likeness (QED) is 0.506. The number of aromatic nitrogens is 2. The van der Waals surface area contributed by atoms with Crippen molar-refractivity contribution in [3.8, 4) is 0 Å². The highest BCUT2D eigenvalue weighted by Gasteiger charge is 2.22. The molecular formula is C23H25F3N4O. The third-order valence-corrected chi connectivity index (χ3v) is 5.08. The minimum atomic E-state index is -0.884. The number of rotatable bonds is 8. The Kier molecular flexibility index (Phi) is 7.46. The van der Waals surface area contributed by atoms with Crippen molar-refractivity contribution in [2.24, 2.45) is 0 Å². The van der Waals surface area contributed by atoms with Gasteiger partial charge in [-0.3, -0.25) is 4.79 Å². The van der Waals surface area contributed by atoms with Gasteiger partial charge in [0.2, 0.25) is 5.91 Å². The van der Waals surface area contributed by atoms with Gasteiger partial charge in [0.25, 0.3) is 0 Å². The first-order chi connectivity index (χ1) is 14.9. The molecule has 1 aromatic carbocycles. The summed E-state index contributed by atoms with van der Waals surface area (Å²) < 4.78 is 41.4. The fourth-order valence-corrected chi connectivity index (χ4v) is 3.25. The maximum Gasteiger partial charge on any atom is 0.224 e. The van der Waals surface area contributed by atoms with Crippen molar-refractivity contribution in [1.82, 2.24) is 19.8 Å². The van der Waals surface area contributed by atoms with E-state index in [9.17, 15) is 18.0 Å². The van der Waals surface area contributed by atoms with Crippen molar-refractivity contribution in [3.05, 3.63) is 83.7 Å². The number of allylic oxidation sites excluding steroid dienone is 5. The van der Waals surface area contributed by atoms with E-state index in [0.717, 1.165) is 35.3 Å². The monoisotopic (exact) mass is 430 g/mol. The van der Waals surface area contributed by atoms with Gasteiger partial charge in [0.1, 0.15) is 11.7 Å². The Morgan fingerprint density at radius 3 is 2.81 bits per heavy atom. The lowest BCUT2D eigenvalue weighted by atomic mass is 10.2. The zero-order valence-electron chi connectivity index (χ0n) is 17.4. The highest BCUT2D eigenvalue weighted by Crippen LogP contribution is 2.19. The van der Waals surface area contributed by atoms with Gasteiger partial charge < -0.3 is 14.8 Å². The van der Waals surface area contributed by atoms with Crippen LogP contribution in [-0.4, -0.2) is 33.4 Å². The van der Waals surface area contributed by atoms with Crippen molar-refractivity contribution in [2.75, 3.05) is 13.1 Å². The van der Waals surface area contributed by atoms with Crippen LogP contribution >= 0.6 is 0 Å². The van der Waals surface area contributed by atoms with Gasteiger partial charge in [-0.05, 0) is 42.3 Å². The average molecular weight is 430 g/mol. The van der Waals surface area contributed by atoms with Crippen LogP contribution < -0.4 is 5.32 Å². The third kappa shape index (κ3) is 5.95. The van der Waals surface area contributed by atoms with E-state index >= 15 is 0 Å². The number of nitrogens with one attached hydrogen (secondary N) is 1. The van der Waals surface area contributed by atoms with E-state index < -0.39 is 17.5 Å². The van der Waals surface area contributed by atoms with E-state index in [2.05, 4.69) is 16.9 Å². The van der Waals surface area contributed by atoms with Gasteiger partial charge in [0.15, 0.2) is 11.6 Å². The number of fused-ring (bicyclic) bond motifs is 1. The number of carbonyl (C=O) groups excluding carboxylic acids is 1. The second kappa shape index (κ2) is 10.3. The van der Waals surface area contributed by atoms with Crippen LogP contribution in [0.3, 0.4) is 0 Å². The summed E-state index contributed by atoms with van der Waals surface area (Å²) >= 11 is 0. The SMILES string of the molecule is C=C/C(F)=C\C=C(/C)c1cn2c(n1)CN(C(=O)CCNCc1ccc(F)c(F)c1)CC2. The van der Waals surface area contributed by atoms with Crippen molar-refractivity contribution >= 4 is 11.5 Å². The lowest BCUT2D eigenvalue weighted by molar-refractivity contribution is -0.132. The summed E-state index contributed by atoms with van der Waals surface area (Å²) in [7, 11) is 0. The molecule has 3 rings (SSSR count). The van der Waals surface area contributed by atoms with Crippen LogP contribution in [-0.2, 0) is 24.4 Å². The van der Waals surface area contributed by atoms with E-state index in [1.54, 1.807) is 11.0 Å². The van der Waals surface area contributed by atoms with Crippen LogP contribution in [0.4, 0.5) is 13.2 Å². The maximum absolute atomic E-state index is 13.2. The topological polar surface area (TPSA) is 50.2 Å². The Bertz CT molecular complexity index is 1030. The number of carbonyl (C=O) groups is 1. The normalized spacial score (nSPS) is 14.5. The number of imidazole rings is 1. The third-order valence-electron chi connectivity index (χ3n) is 5.08. The second-order valence-corrected chi connectivity index (χ2v) is 7.33. The van der Waals surface area contributed by atoms with Crippen LogP contribution in [0, 0.1) is 11.6 Å². The molecule has 5 nitrogen and oxygen atoms in total. The molecule has 0 saturated heterocycles. The molecule has 0 unspecified atom stereocenters. The van der Waals surface area contributed by atoms with Gasteiger partial charge in [0, 0.05) is 38.8 Å². The molecule has 2 heterocycles. The molecule has 1 aromatic heterocycles. The molecule has 0 atom stereocenters. The van der Waals surface area contributed by atoms with Gasteiger partial charge >= 0.3 is 0 Å². The molecule has 0 bridgehead atoms. The molecule has 1 N–H and O–H groups in total. The highest BCUT2D eigenvalue weighted by molar-refractivity contribution is 5.76. The van der Waals surface area contributed by atoms with Crippen LogP contribution in [0.2, 0.25) is 0 Å². The van der Waals surface area contributed by atoms with Crippen molar-refractivity contribution < 1.29 is 18.0 Å². The molecule has 0 saturated carbocycles. The summed E-state index contributed by atoms with van der Waals surface area (Å²) in [6, 6.07) is 3.74. The van der Waals surface area contributed by atoms with Crippen molar-refractivity contribution in [1.29, 1.82) is 0 Å². The molecule has 1 aliphatic rings. The number of halogens is 3. The molecule has 0 aliphatic carbocycles. The maximum atomic E-state index is 13.2. The minimum absolute atomic E-state index is 0.00293. The number of benzene rings is 1. The number of nitrogens with zero attached hydrogens (tertiary/aromatic N) is 3. The Morgan fingerprint density at radius 1 is 1.26 bits per heavy atom. The standard InChI is InChI=1S/C23H25F3N4O/c1-3-18(24)6-4-16(2)21-14-29-10-11-30(15-22(29)28-21)23(31)8-9-27-13-17-5-7-19(25)20(26)12-17/h3-7,12,14,27H,1,8-11,13,15H2,2H3/b16-4+,18-6+. The summed E-state index contributed by atoms with van der Waals surface area (Å²) in [5.74, 6) is -1.40. The second-order valence-electron chi connectivity index (χ2n) is 7.33. The lowest BCUT2D eigenvalue weighted by Crippen LogP contribution is -2.39. The molecule has 8 heteroatoms. The first-order valence-corrected chi connectivity index (χ1v) is 10.0. The Hall–Kier alpha value is -3.13. The average Bonchev–Trinajstić information content (AvgIpc) is 3.20. The number of hydrogen-bond acceptors (Lipinski definition) is 3. The summed E-state index contributed by atoms with van der Waals surface area (Å²) in [4.78, 5) is 18.9. The molecule has 0 spiro atoms. The molecule has 1 aliphatic heterocycles. The smallest absolute Gasteiger partial charge is 0.224 e. The Labute approximate surface area is 179 Å². The lowest BCUT2D eigenvalue weighted by Gasteiger charge is -2.27. The predicted octanol–water partition coefficient (Wildman–Crippen LogP) is 4.13. The zero-order valence-corrected chi connectivity index (χ0v) is 17.4. The predicted molar refractivity (Wildman–Crippen MR) is 113 cm³/mol. The molecule has 0 radical (unpaired) electrons. The zero-order chi connectivity index (χ0) is 22.4. The molecule has 2 aromatic rings. The Morgan fingerprint density at radius 2 is 2.06 bits per heavy atom. The largest absolute Gasteiger partial charge is 0.333 e. The van der Waals surface area contributed by atoms with E-state index in [1.807, 2.05) is 17.7 Å². The van der Waals surface area contributed by atoms with Crippen molar-refractivity contribution in [3.63, 3.8) is 0 Å². The first-order valence-electron chi connectivity index (χ1n) is 10.0. The van der Waals surface area contributed by atoms with Gasteiger partial charge in [-0.1, -0.05) is 18.7 Å². The molecule has 31 heavy (non-hydrogen) atoms. The molecular weight excluding hydrogens is 405 g/mol. The van der Waals surface area contributed by atoms with Crippen LogP contribution in [0.15, 0.2) is 55.0 Å². The van der Waals surface area contributed by atoms with E-state index in [0.29, 0.717) is 44.7 Å². The summed E-state index contributed by atoms with van der Waals surface area (Å²) in [5, 5.41) is 3.08. The molecule has 1 amide bonds. The summed E-state index contributed by atoms with van der Waals surface area (Å²) in [5.41, 5.74) is 2.17. The van der Waals surface area contributed by atoms with Gasteiger partial charge in [-0.25, -0.2) is 18.2 Å². The Balaban J connectivity index is 1.50. The fraction of sp³-hybridized carbons (Fsp3) is 0.304. The first kappa shape index (κ1) is 22.6. The minimum Gasteiger partial charge on any atom is -0.333 e. The summed E-state index contributed by atoms with van der Waals surface area (Å²) in [6.07, 6.45) is 6.32. The number of hydrogen-bond donors (Lipinski definition) is 1. The highest BCUT2D eigenvalue weighted by atomic mass is 19.2. The van der Waals surface area contributed by atoms with E-state index in [1.165, 1.54) is 12.1 Å². The van der Waals surface area contributed by atoms with Crippen LogP contribution in [0.25, 0.3) is 5.57 Å². The molecule has 164 valence electrons. The number of amides is 1. The van der Waals surface area contributed by atoms with E-state index in [-0.39, 0.29) is 5.91 Å². The van der Waals surface area contributed by atoms with Crippen LogP contribution in [0.5, 0.6) is 0 Å².